The van der Waals surface area contributed by atoms with Gasteiger partial charge in [0.2, 0.25) is 0 Å². The number of esters is 1. The van der Waals surface area contributed by atoms with Crippen LogP contribution in [0.1, 0.15) is 19.3 Å². The van der Waals surface area contributed by atoms with Crippen molar-refractivity contribution in [2.45, 2.75) is 0 Å². The quantitative estimate of drug-likeness (QED) is 0.838. The number of carboxylic acid groups (broad SMARTS) is 1. The van der Waals surface area contributed by atoms with Gasteiger partial charge in [-0.1, -0.05) is 0 Å². The van der Waals surface area contributed by atoms with Crippen molar-refractivity contribution in [3.05, 3.63) is 18.7 Å². The number of carboxylic acids is 1. The Labute approximate surface area is 100 Å². The SMILES string of the molecule is COC(=O)c1sc(C(=O)O)c(Br)c1Br. The fraction of sp³-hybridized carbons (Fsp3) is 0.143. The second kappa shape index (κ2) is 4.41. The van der Waals surface area contributed by atoms with Crippen LogP contribution in [-0.4, -0.2) is 24.2 Å². The van der Waals surface area contributed by atoms with Gasteiger partial charge in [-0.05, 0) is 31.9 Å². The molecule has 0 aliphatic heterocycles. The van der Waals surface area contributed by atoms with Crippen molar-refractivity contribution in [3.8, 4) is 0 Å². The lowest BCUT2D eigenvalue weighted by Gasteiger charge is -1.93. The molecule has 0 aliphatic carbocycles. The highest BCUT2D eigenvalue weighted by Gasteiger charge is 2.23. The Kier molecular flexibility index (Phi) is 3.68. The van der Waals surface area contributed by atoms with Crippen LogP contribution < -0.4 is 0 Å². The molecule has 1 heterocycles. The first-order chi connectivity index (χ1) is 6.49. The van der Waals surface area contributed by atoms with Crippen molar-refractivity contribution >= 4 is 55.1 Å². The van der Waals surface area contributed by atoms with Crippen LogP contribution in [0.25, 0.3) is 0 Å². The molecule has 0 spiro atoms. The van der Waals surface area contributed by atoms with E-state index < -0.39 is 11.9 Å². The van der Waals surface area contributed by atoms with E-state index in [1.54, 1.807) is 0 Å². The van der Waals surface area contributed by atoms with E-state index in [1.165, 1.54) is 7.11 Å². The molecule has 76 valence electrons. The molecule has 1 aromatic heterocycles. The van der Waals surface area contributed by atoms with Crippen LogP contribution >= 0.6 is 43.2 Å². The standard InChI is InChI=1S/C7H4Br2O4S/c1-13-7(12)5-3(9)2(8)4(14-5)6(10)11/h1H3,(H,10,11). The van der Waals surface area contributed by atoms with Crippen LogP contribution in [0.2, 0.25) is 0 Å². The fourth-order valence-electron chi connectivity index (χ4n) is 0.753. The summed E-state index contributed by atoms with van der Waals surface area (Å²) in [4.78, 5) is 22.2. The summed E-state index contributed by atoms with van der Waals surface area (Å²) in [6, 6.07) is 0. The molecule has 1 N–H and O–H groups in total. The van der Waals surface area contributed by atoms with Gasteiger partial charge in [0, 0.05) is 0 Å². The van der Waals surface area contributed by atoms with Crippen LogP contribution in [-0.2, 0) is 4.74 Å². The van der Waals surface area contributed by atoms with E-state index in [4.69, 9.17) is 5.11 Å². The molecule has 4 nitrogen and oxygen atoms in total. The van der Waals surface area contributed by atoms with Gasteiger partial charge >= 0.3 is 11.9 Å². The molecule has 0 atom stereocenters. The number of carbonyl (C=O) groups excluding carboxylic acids is 1. The Hall–Kier alpha value is -0.400. The zero-order valence-electron chi connectivity index (χ0n) is 6.84. The number of aromatic carboxylic acids is 1. The smallest absolute Gasteiger partial charge is 0.349 e. The summed E-state index contributed by atoms with van der Waals surface area (Å²) < 4.78 is 5.26. The predicted molar refractivity (Wildman–Crippen MR) is 58.0 cm³/mol. The first-order valence-corrected chi connectivity index (χ1v) is 5.68. The number of ether oxygens (including phenoxy) is 1. The first-order valence-electron chi connectivity index (χ1n) is 3.28. The average Bonchev–Trinajstić information content (AvgIpc) is 2.43. The lowest BCUT2D eigenvalue weighted by Crippen LogP contribution is -1.98. The van der Waals surface area contributed by atoms with Gasteiger partial charge in [0.15, 0.2) is 0 Å². The summed E-state index contributed by atoms with van der Waals surface area (Å²) in [6.45, 7) is 0. The van der Waals surface area contributed by atoms with E-state index in [1.807, 2.05) is 0 Å². The molecule has 0 radical (unpaired) electrons. The number of halogens is 2. The molecule has 0 fully saturated rings. The second-order valence-corrected chi connectivity index (χ2v) is 4.79. The van der Waals surface area contributed by atoms with Gasteiger partial charge in [-0.15, -0.1) is 11.3 Å². The van der Waals surface area contributed by atoms with Gasteiger partial charge in [-0.25, -0.2) is 9.59 Å². The van der Waals surface area contributed by atoms with Crippen LogP contribution in [0, 0.1) is 0 Å². The van der Waals surface area contributed by atoms with Crippen molar-refractivity contribution in [2.75, 3.05) is 7.11 Å². The maximum Gasteiger partial charge on any atom is 0.349 e. The van der Waals surface area contributed by atoms with E-state index >= 15 is 0 Å². The molecule has 0 amide bonds. The van der Waals surface area contributed by atoms with Crippen LogP contribution in [0.4, 0.5) is 0 Å². The molecule has 0 unspecified atom stereocenters. The number of methoxy groups -OCH3 is 1. The molecule has 7 heteroatoms. The summed E-state index contributed by atoms with van der Waals surface area (Å²) in [6.07, 6.45) is 0. The molecule has 1 aromatic rings. The number of rotatable bonds is 2. The lowest BCUT2D eigenvalue weighted by atomic mass is 10.4. The molecule has 0 bridgehead atoms. The molecule has 1 rings (SSSR count). The molecule has 0 saturated heterocycles. The summed E-state index contributed by atoms with van der Waals surface area (Å²) in [5.74, 6) is -1.65. The third-order valence-electron chi connectivity index (χ3n) is 1.36. The number of hydrogen-bond donors (Lipinski definition) is 1. The summed E-state index contributed by atoms with van der Waals surface area (Å²) >= 11 is 7.04. The second-order valence-electron chi connectivity index (χ2n) is 2.19. The lowest BCUT2D eigenvalue weighted by molar-refractivity contribution is 0.0604. The van der Waals surface area contributed by atoms with Gasteiger partial charge in [0.05, 0.1) is 16.1 Å². The van der Waals surface area contributed by atoms with Crippen molar-refractivity contribution in [1.82, 2.24) is 0 Å². The maximum absolute atomic E-state index is 11.2. The Balaban J connectivity index is 3.28. The van der Waals surface area contributed by atoms with Crippen molar-refractivity contribution in [1.29, 1.82) is 0 Å². The normalized spacial score (nSPS) is 9.93. The zero-order chi connectivity index (χ0) is 10.9. The Morgan fingerprint density at radius 2 is 1.79 bits per heavy atom. The summed E-state index contributed by atoms with van der Waals surface area (Å²) in [7, 11) is 1.24. The highest BCUT2D eigenvalue weighted by molar-refractivity contribution is 9.13. The maximum atomic E-state index is 11.2. The Bertz CT molecular complexity index is 399. The molecule has 14 heavy (non-hydrogen) atoms. The highest BCUT2D eigenvalue weighted by atomic mass is 79.9. The Morgan fingerprint density at radius 1 is 1.29 bits per heavy atom. The predicted octanol–water partition coefficient (Wildman–Crippen LogP) is 2.76. The molecular weight excluding hydrogens is 340 g/mol. The minimum absolute atomic E-state index is 0.0669. The van der Waals surface area contributed by atoms with E-state index in [9.17, 15) is 9.59 Å². The molecule has 0 aromatic carbocycles. The first kappa shape index (κ1) is 11.7. The molecule has 0 saturated carbocycles. The fourth-order valence-corrected chi connectivity index (χ4v) is 3.07. The third-order valence-corrected chi connectivity index (χ3v) is 5.16. The summed E-state index contributed by atoms with van der Waals surface area (Å²) in [5, 5.41) is 8.77. The van der Waals surface area contributed by atoms with Gasteiger partial charge < -0.3 is 9.84 Å². The molecular formula is C7H4Br2O4S. The van der Waals surface area contributed by atoms with Gasteiger partial charge in [-0.3, -0.25) is 0 Å². The largest absolute Gasteiger partial charge is 0.477 e. The Morgan fingerprint density at radius 3 is 2.14 bits per heavy atom. The number of carbonyl (C=O) groups is 2. The third kappa shape index (κ3) is 1.99. The number of hydrogen-bond acceptors (Lipinski definition) is 4. The van der Waals surface area contributed by atoms with E-state index in [0.717, 1.165) is 11.3 Å². The highest BCUT2D eigenvalue weighted by Crippen LogP contribution is 2.37. The van der Waals surface area contributed by atoms with Crippen molar-refractivity contribution < 1.29 is 19.4 Å². The van der Waals surface area contributed by atoms with Crippen molar-refractivity contribution in [3.63, 3.8) is 0 Å². The average molecular weight is 344 g/mol. The van der Waals surface area contributed by atoms with Crippen LogP contribution in [0.5, 0.6) is 0 Å². The van der Waals surface area contributed by atoms with Gasteiger partial charge in [-0.2, -0.15) is 0 Å². The molecule has 0 aliphatic rings. The summed E-state index contributed by atoms with van der Waals surface area (Å²) in [5.41, 5.74) is 0. The monoisotopic (exact) mass is 342 g/mol. The minimum Gasteiger partial charge on any atom is -0.477 e. The van der Waals surface area contributed by atoms with E-state index in [2.05, 4.69) is 36.6 Å². The zero-order valence-corrected chi connectivity index (χ0v) is 10.8. The minimum atomic E-state index is -1.09. The topological polar surface area (TPSA) is 63.6 Å². The van der Waals surface area contributed by atoms with Crippen LogP contribution in [0.3, 0.4) is 0 Å². The van der Waals surface area contributed by atoms with Gasteiger partial charge in [0.25, 0.3) is 0 Å². The van der Waals surface area contributed by atoms with Crippen LogP contribution in [0.15, 0.2) is 8.95 Å². The van der Waals surface area contributed by atoms with Crippen molar-refractivity contribution in [2.24, 2.45) is 0 Å². The van der Waals surface area contributed by atoms with E-state index in [-0.39, 0.29) is 9.75 Å². The van der Waals surface area contributed by atoms with E-state index in [0.29, 0.717) is 8.95 Å². The van der Waals surface area contributed by atoms with Gasteiger partial charge in [0.1, 0.15) is 9.75 Å². The number of thiophene rings is 1.